The molecule has 4 N–H and O–H groups in total. The number of hydrogen-bond acceptors (Lipinski definition) is 10. The number of anilines is 1. The van der Waals surface area contributed by atoms with Crippen LogP contribution in [0.4, 0.5) is 20.3 Å². The van der Waals surface area contributed by atoms with Gasteiger partial charge in [-0.15, -0.1) is 5.11 Å². The van der Waals surface area contributed by atoms with Gasteiger partial charge in [-0.05, 0) is 37.0 Å². The summed E-state index contributed by atoms with van der Waals surface area (Å²) in [4.78, 5) is 9.37. The fourth-order valence-electron chi connectivity index (χ4n) is 4.93. The van der Waals surface area contributed by atoms with Crippen LogP contribution in [-0.4, -0.2) is 68.6 Å². The second-order valence-corrected chi connectivity index (χ2v) is 10.4. The Morgan fingerprint density at radius 2 is 1.97 bits per heavy atom. The second kappa shape index (κ2) is 10.6. The van der Waals surface area contributed by atoms with Crippen LogP contribution in [0.2, 0.25) is 0 Å². The van der Waals surface area contributed by atoms with E-state index in [1.165, 1.54) is 17.8 Å². The maximum atomic E-state index is 13.7. The van der Waals surface area contributed by atoms with Gasteiger partial charge in [0.25, 0.3) is 0 Å². The fourth-order valence-corrected chi connectivity index (χ4v) is 5.63. The number of aromatic nitrogens is 2. The average Bonchev–Trinajstić information content (AvgIpc) is 3.41. The van der Waals surface area contributed by atoms with Gasteiger partial charge in [-0.1, -0.05) is 24.8 Å². The number of halogens is 2. The lowest BCUT2D eigenvalue weighted by Gasteiger charge is -2.20. The summed E-state index contributed by atoms with van der Waals surface area (Å²) in [5, 5.41) is 42.9. The number of hydrogen-bond donors (Lipinski definition) is 4. The molecule has 7 atom stereocenters. The molecule has 12 heteroatoms. The van der Waals surface area contributed by atoms with Gasteiger partial charge in [0.2, 0.25) is 0 Å². The molecule has 36 heavy (non-hydrogen) atoms. The predicted molar refractivity (Wildman–Crippen MR) is 128 cm³/mol. The molecule has 1 unspecified atom stereocenters. The zero-order valence-corrected chi connectivity index (χ0v) is 20.5. The first-order valence-corrected chi connectivity index (χ1v) is 13.2. The van der Waals surface area contributed by atoms with Crippen LogP contribution in [0.3, 0.4) is 0 Å². The maximum Gasteiger partial charge on any atom is 0.189 e. The van der Waals surface area contributed by atoms with Gasteiger partial charge < -0.3 is 25.4 Å². The van der Waals surface area contributed by atoms with Crippen molar-refractivity contribution in [2.24, 2.45) is 16.1 Å². The number of aliphatic hydroxyl groups excluding tert-OH is 3. The molecule has 0 bridgehead atoms. The highest BCUT2D eigenvalue weighted by Gasteiger charge is 2.49. The van der Waals surface area contributed by atoms with Crippen molar-refractivity contribution in [2.45, 2.75) is 67.7 Å². The van der Waals surface area contributed by atoms with Crippen LogP contribution in [0.5, 0.6) is 0 Å². The van der Waals surface area contributed by atoms with Gasteiger partial charge in [0.1, 0.15) is 17.8 Å². The molecule has 2 fully saturated rings. The zero-order chi connectivity index (χ0) is 25.4. The Balaban J connectivity index is 1.38. The van der Waals surface area contributed by atoms with Crippen molar-refractivity contribution in [2.75, 3.05) is 24.3 Å². The number of thioether (sulfide) groups is 1. The number of fused-ring (bicyclic) bond motifs is 1. The molecule has 1 aliphatic heterocycles. The molecule has 2 heterocycles. The summed E-state index contributed by atoms with van der Waals surface area (Å²) in [6.45, 7) is 1.95. The Kier molecular flexibility index (Phi) is 7.49. The largest absolute Gasteiger partial charge is 0.394 e. The SMILES string of the molecule is CCCSc1nc(N[C@@H]2C[C@H]2c2ccc(F)c(F)c2)c2c(n1)C([C@@H]1C[C@H](OCCO)[C@@H](O)[C@H]1O)N=N2. The van der Waals surface area contributed by atoms with Crippen LogP contribution >= 0.6 is 11.8 Å². The quantitative estimate of drug-likeness (QED) is 0.276. The topological polar surface area (TPSA) is 132 Å². The van der Waals surface area contributed by atoms with E-state index in [4.69, 9.17) is 14.8 Å². The number of azo groups is 1. The summed E-state index contributed by atoms with van der Waals surface area (Å²) < 4.78 is 32.6. The number of benzene rings is 1. The van der Waals surface area contributed by atoms with Gasteiger partial charge in [0.15, 0.2) is 28.3 Å². The van der Waals surface area contributed by atoms with Crippen LogP contribution in [0.25, 0.3) is 0 Å². The third-order valence-electron chi connectivity index (χ3n) is 6.88. The molecule has 0 radical (unpaired) electrons. The van der Waals surface area contributed by atoms with Crippen molar-refractivity contribution >= 4 is 23.3 Å². The summed E-state index contributed by atoms with van der Waals surface area (Å²) in [6.07, 6.45) is -0.784. The Hall–Kier alpha value is -2.25. The van der Waals surface area contributed by atoms with Crippen LogP contribution in [0.15, 0.2) is 33.6 Å². The van der Waals surface area contributed by atoms with Crippen molar-refractivity contribution in [3.63, 3.8) is 0 Å². The number of ether oxygens (including phenoxy) is 1. The van der Waals surface area contributed by atoms with E-state index < -0.39 is 41.9 Å². The first-order chi connectivity index (χ1) is 17.4. The minimum Gasteiger partial charge on any atom is -0.394 e. The van der Waals surface area contributed by atoms with E-state index in [0.717, 1.165) is 24.7 Å². The van der Waals surface area contributed by atoms with E-state index in [-0.39, 0.29) is 25.2 Å². The van der Waals surface area contributed by atoms with Crippen molar-refractivity contribution in [1.29, 1.82) is 0 Å². The highest BCUT2D eigenvalue weighted by molar-refractivity contribution is 7.99. The smallest absolute Gasteiger partial charge is 0.189 e. The Morgan fingerprint density at radius 3 is 2.72 bits per heavy atom. The van der Waals surface area contributed by atoms with Gasteiger partial charge >= 0.3 is 0 Å². The summed E-state index contributed by atoms with van der Waals surface area (Å²) in [6, 6.07) is 3.36. The van der Waals surface area contributed by atoms with E-state index in [0.29, 0.717) is 34.3 Å². The second-order valence-electron chi connectivity index (χ2n) is 9.38. The molecule has 9 nitrogen and oxygen atoms in total. The third kappa shape index (κ3) is 4.97. The van der Waals surface area contributed by atoms with Crippen LogP contribution in [0.1, 0.15) is 49.4 Å². The van der Waals surface area contributed by atoms with Crippen LogP contribution in [-0.2, 0) is 4.74 Å². The maximum absolute atomic E-state index is 13.7. The number of aliphatic hydroxyl groups is 3. The molecule has 194 valence electrons. The lowest BCUT2D eigenvalue weighted by atomic mass is 9.93. The van der Waals surface area contributed by atoms with E-state index in [1.807, 2.05) is 0 Å². The Labute approximate surface area is 211 Å². The normalized spacial score (nSPS) is 30.6. The molecule has 2 aliphatic carbocycles. The lowest BCUT2D eigenvalue weighted by molar-refractivity contribution is -0.0637. The standard InChI is InChI=1S/C24H29F2N5O4S/c1-2-7-36-24-28-19-18(13-10-17(35-6-5-32)22(34)21(13)33)30-31-20(19)23(29-24)27-16-9-12(16)11-3-4-14(25)15(26)8-11/h3-4,8,12-13,16-18,21-22,32-34H,2,5-7,9-10H2,1H3,(H,27,28,29)/t12-,13-,16+,17-,18?,21-,22+/m0/s1. The first kappa shape index (κ1) is 25.4. The molecule has 3 aliphatic rings. The van der Waals surface area contributed by atoms with E-state index in [9.17, 15) is 19.0 Å². The van der Waals surface area contributed by atoms with E-state index in [2.05, 4.69) is 27.5 Å². The molecule has 1 aromatic heterocycles. The minimum atomic E-state index is -1.10. The monoisotopic (exact) mass is 521 g/mol. The zero-order valence-electron chi connectivity index (χ0n) is 19.7. The van der Waals surface area contributed by atoms with Gasteiger partial charge in [0, 0.05) is 23.6 Å². The first-order valence-electron chi connectivity index (χ1n) is 12.2. The Bertz CT molecular complexity index is 1140. The van der Waals surface area contributed by atoms with Gasteiger partial charge in [-0.2, -0.15) is 5.11 Å². The number of rotatable bonds is 10. The van der Waals surface area contributed by atoms with Crippen LogP contribution in [0, 0.1) is 17.6 Å². The summed E-state index contributed by atoms with van der Waals surface area (Å²) in [5.74, 6) is -0.848. The van der Waals surface area contributed by atoms with Gasteiger partial charge in [-0.3, -0.25) is 0 Å². The van der Waals surface area contributed by atoms with Crippen LogP contribution < -0.4 is 5.32 Å². The predicted octanol–water partition coefficient (Wildman–Crippen LogP) is 3.48. The highest BCUT2D eigenvalue weighted by atomic mass is 32.2. The third-order valence-corrected chi connectivity index (χ3v) is 7.93. The summed E-state index contributed by atoms with van der Waals surface area (Å²) in [7, 11) is 0. The lowest BCUT2D eigenvalue weighted by Crippen LogP contribution is -2.33. The summed E-state index contributed by atoms with van der Waals surface area (Å²) in [5.41, 5.74) is 1.78. The Morgan fingerprint density at radius 1 is 1.14 bits per heavy atom. The number of nitrogens with zero attached hydrogens (tertiary/aromatic N) is 4. The van der Waals surface area contributed by atoms with Crippen molar-refractivity contribution < 1.29 is 28.8 Å². The van der Waals surface area contributed by atoms with E-state index in [1.54, 1.807) is 6.07 Å². The molecule has 0 spiro atoms. The molecule has 2 saturated carbocycles. The minimum absolute atomic E-state index is 0.0165. The van der Waals surface area contributed by atoms with Crippen molar-refractivity contribution in [1.82, 2.24) is 9.97 Å². The molecule has 0 amide bonds. The van der Waals surface area contributed by atoms with Gasteiger partial charge in [0.05, 0.1) is 25.4 Å². The average molecular weight is 522 g/mol. The molecule has 1 aromatic carbocycles. The molecule has 2 aromatic rings. The molecule has 0 saturated heterocycles. The van der Waals surface area contributed by atoms with E-state index >= 15 is 0 Å². The molecular formula is C24H29F2N5O4S. The molecular weight excluding hydrogens is 492 g/mol. The fraction of sp³-hybridized carbons (Fsp3) is 0.583. The van der Waals surface area contributed by atoms with Gasteiger partial charge in [-0.25, -0.2) is 18.7 Å². The highest BCUT2D eigenvalue weighted by Crippen LogP contribution is 2.50. The molecule has 5 rings (SSSR count). The van der Waals surface area contributed by atoms with Crippen molar-refractivity contribution in [3.05, 3.63) is 41.1 Å². The summed E-state index contributed by atoms with van der Waals surface area (Å²) >= 11 is 1.51. The van der Waals surface area contributed by atoms with Crippen molar-refractivity contribution in [3.8, 4) is 0 Å². The number of nitrogens with one attached hydrogen (secondary N) is 1.